The molecule has 8 heteroatoms. The van der Waals surface area contributed by atoms with Crippen molar-refractivity contribution in [1.82, 2.24) is 4.90 Å². The van der Waals surface area contributed by atoms with E-state index in [4.69, 9.17) is 9.47 Å². The van der Waals surface area contributed by atoms with Gasteiger partial charge in [-0.05, 0) is 31.5 Å². The molecule has 0 aliphatic carbocycles. The average Bonchev–Trinajstić information content (AvgIpc) is 2.49. The Morgan fingerprint density at radius 3 is 2.35 bits per heavy atom. The summed E-state index contributed by atoms with van der Waals surface area (Å²) < 4.78 is 50.6. The molecule has 2 fully saturated rings. The maximum atomic E-state index is 13.5. The predicted molar refractivity (Wildman–Crippen MR) is 70.7 cm³/mol. The van der Waals surface area contributed by atoms with Crippen LogP contribution in [0, 0.1) is 17.5 Å². The number of ether oxygens (including phenoxy) is 2. The molecule has 1 aromatic rings. The number of esters is 1. The molecule has 2 atom stereocenters. The van der Waals surface area contributed by atoms with E-state index in [1.54, 1.807) is 13.8 Å². The summed E-state index contributed by atoms with van der Waals surface area (Å²) in [6.45, 7) is 3.30. The third-order valence-electron chi connectivity index (χ3n) is 4.18. The fraction of sp³-hybridized carbons (Fsp3) is 0.467. The van der Waals surface area contributed by atoms with E-state index in [0.717, 1.165) is 12.1 Å². The highest BCUT2D eigenvalue weighted by molar-refractivity contribution is 6.33. The molecule has 0 N–H and O–H groups in total. The van der Waals surface area contributed by atoms with Crippen molar-refractivity contribution in [3.8, 4) is 0 Å². The molecule has 2 aliphatic heterocycles. The van der Waals surface area contributed by atoms with Crippen molar-refractivity contribution < 1.29 is 32.2 Å². The van der Waals surface area contributed by atoms with Crippen LogP contribution in [0.4, 0.5) is 13.2 Å². The largest absolute Gasteiger partial charge is 0.450 e. The first-order chi connectivity index (χ1) is 10.7. The summed E-state index contributed by atoms with van der Waals surface area (Å²) in [5.74, 6) is -6.28. The lowest BCUT2D eigenvalue weighted by Gasteiger charge is -2.50. The second-order valence-electron chi connectivity index (χ2n) is 6.07. The van der Waals surface area contributed by atoms with E-state index in [2.05, 4.69) is 0 Å². The number of fused-ring (bicyclic) bond motifs is 1. The number of morpholine rings is 2. The first-order valence-electron chi connectivity index (χ1n) is 7.00. The second kappa shape index (κ2) is 5.23. The number of rotatable bonds is 1. The molecule has 124 valence electrons. The Kier molecular flexibility index (Phi) is 3.59. The molecule has 23 heavy (non-hydrogen) atoms. The van der Waals surface area contributed by atoms with Crippen molar-refractivity contribution >= 4 is 11.9 Å². The van der Waals surface area contributed by atoms with E-state index in [1.807, 2.05) is 0 Å². The summed E-state index contributed by atoms with van der Waals surface area (Å²) >= 11 is 0. The van der Waals surface area contributed by atoms with Gasteiger partial charge in [0.2, 0.25) is 0 Å². The SMILES string of the molecule is CC1(C)OC(=O)C(=O)N2[C@@H](c3cc(F)c(F)c(F)c3)COC[C@@H]21. The lowest BCUT2D eigenvalue weighted by Crippen LogP contribution is -2.66. The number of amides is 1. The van der Waals surface area contributed by atoms with Crippen molar-refractivity contribution in [3.05, 3.63) is 35.1 Å². The number of hydrogen-bond acceptors (Lipinski definition) is 4. The highest BCUT2D eigenvalue weighted by atomic mass is 19.2. The van der Waals surface area contributed by atoms with Crippen LogP contribution < -0.4 is 0 Å². The normalized spacial score (nSPS) is 26.7. The number of nitrogens with zero attached hydrogens (tertiary/aromatic N) is 1. The second-order valence-corrected chi connectivity index (χ2v) is 6.07. The third-order valence-corrected chi connectivity index (χ3v) is 4.18. The highest BCUT2D eigenvalue weighted by Crippen LogP contribution is 2.37. The fourth-order valence-electron chi connectivity index (χ4n) is 2.97. The van der Waals surface area contributed by atoms with E-state index >= 15 is 0 Å². The van der Waals surface area contributed by atoms with Crippen LogP contribution in [-0.2, 0) is 19.1 Å². The highest BCUT2D eigenvalue weighted by Gasteiger charge is 2.52. The maximum Gasteiger partial charge on any atom is 0.397 e. The van der Waals surface area contributed by atoms with Crippen molar-refractivity contribution in [2.75, 3.05) is 13.2 Å². The molecule has 2 saturated heterocycles. The van der Waals surface area contributed by atoms with Gasteiger partial charge in [-0.15, -0.1) is 0 Å². The Hall–Kier alpha value is -2.09. The Bertz CT molecular complexity index is 668. The minimum atomic E-state index is -1.59. The summed E-state index contributed by atoms with van der Waals surface area (Å²) in [5, 5.41) is 0. The Morgan fingerprint density at radius 2 is 1.74 bits per heavy atom. The molecule has 0 saturated carbocycles. The van der Waals surface area contributed by atoms with Gasteiger partial charge in [0.25, 0.3) is 0 Å². The Morgan fingerprint density at radius 1 is 1.13 bits per heavy atom. The lowest BCUT2D eigenvalue weighted by molar-refractivity contribution is -0.206. The summed E-state index contributed by atoms with van der Waals surface area (Å²) in [4.78, 5) is 25.2. The van der Waals surface area contributed by atoms with Crippen molar-refractivity contribution in [1.29, 1.82) is 0 Å². The van der Waals surface area contributed by atoms with E-state index in [9.17, 15) is 22.8 Å². The molecule has 0 bridgehead atoms. The Labute approximate surface area is 130 Å². The van der Waals surface area contributed by atoms with E-state index < -0.39 is 47.0 Å². The van der Waals surface area contributed by atoms with Gasteiger partial charge < -0.3 is 14.4 Å². The summed E-state index contributed by atoms with van der Waals surface area (Å²) in [6, 6.07) is 0.0879. The van der Waals surface area contributed by atoms with Gasteiger partial charge in [-0.2, -0.15) is 0 Å². The van der Waals surface area contributed by atoms with Gasteiger partial charge >= 0.3 is 11.9 Å². The molecule has 0 spiro atoms. The molecule has 5 nitrogen and oxygen atoms in total. The molecule has 0 radical (unpaired) electrons. The summed E-state index contributed by atoms with van der Waals surface area (Å²) in [6.07, 6.45) is 0. The van der Waals surface area contributed by atoms with Crippen LogP contribution in [0.2, 0.25) is 0 Å². The standard InChI is InChI=1S/C15H14F3NO4/c1-15(2)11-6-22-5-10(19(11)13(20)14(21)23-15)7-3-8(16)12(18)9(17)4-7/h3-4,10-11H,5-6H2,1-2H3/t10-,11-/m1/s1. The number of halogens is 3. The summed E-state index contributed by atoms with van der Waals surface area (Å²) in [7, 11) is 0. The average molecular weight is 329 g/mol. The quantitative estimate of drug-likeness (QED) is 0.447. The zero-order chi connectivity index (χ0) is 16.9. The van der Waals surface area contributed by atoms with E-state index in [1.165, 1.54) is 4.90 Å². The van der Waals surface area contributed by atoms with Crippen LogP contribution >= 0.6 is 0 Å². The van der Waals surface area contributed by atoms with Crippen LogP contribution in [0.25, 0.3) is 0 Å². The zero-order valence-electron chi connectivity index (χ0n) is 12.4. The van der Waals surface area contributed by atoms with Gasteiger partial charge in [0, 0.05) is 0 Å². The van der Waals surface area contributed by atoms with Crippen LogP contribution in [0.1, 0.15) is 25.5 Å². The molecule has 3 rings (SSSR count). The number of hydrogen-bond donors (Lipinski definition) is 0. The first-order valence-corrected chi connectivity index (χ1v) is 7.00. The van der Waals surface area contributed by atoms with E-state index in [0.29, 0.717) is 0 Å². The van der Waals surface area contributed by atoms with Crippen molar-refractivity contribution in [2.45, 2.75) is 31.5 Å². The van der Waals surface area contributed by atoms with Gasteiger partial charge in [0.15, 0.2) is 17.5 Å². The molecule has 0 aromatic heterocycles. The van der Waals surface area contributed by atoms with Gasteiger partial charge in [-0.1, -0.05) is 0 Å². The molecule has 2 aliphatic rings. The van der Waals surface area contributed by atoms with Crippen LogP contribution in [-0.4, -0.2) is 41.6 Å². The molecule has 1 amide bonds. The number of carbonyl (C=O) groups is 2. The predicted octanol–water partition coefficient (Wildman–Crippen LogP) is 1.71. The van der Waals surface area contributed by atoms with Crippen LogP contribution in [0.15, 0.2) is 12.1 Å². The van der Waals surface area contributed by atoms with Crippen LogP contribution in [0.3, 0.4) is 0 Å². The van der Waals surface area contributed by atoms with Gasteiger partial charge in [0.05, 0.1) is 25.3 Å². The van der Waals surface area contributed by atoms with Gasteiger partial charge in [-0.3, -0.25) is 4.79 Å². The fourth-order valence-corrected chi connectivity index (χ4v) is 2.97. The number of carbonyl (C=O) groups excluding carboxylic acids is 2. The smallest absolute Gasteiger partial charge is 0.397 e. The first kappa shape index (κ1) is 15.8. The van der Waals surface area contributed by atoms with Gasteiger partial charge in [-0.25, -0.2) is 18.0 Å². The number of cyclic esters (lactones) is 1. The van der Waals surface area contributed by atoms with Crippen molar-refractivity contribution in [3.63, 3.8) is 0 Å². The molecular formula is C15H14F3NO4. The summed E-state index contributed by atoms with van der Waals surface area (Å²) in [5.41, 5.74) is -0.995. The van der Waals surface area contributed by atoms with Crippen LogP contribution in [0.5, 0.6) is 0 Å². The minimum absolute atomic E-state index is 0.0185. The lowest BCUT2D eigenvalue weighted by atomic mass is 9.90. The number of benzene rings is 1. The molecule has 0 unspecified atom stereocenters. The zero-order valence-corrected chi connectivity index (χ0v) is 12.4. The monoisotopic (exact) mass is 329 g/mol. The molecular weight excluding hydrogens is 315 g/mol. The topological polar surface area (TPSA) is 55.8 Å². The van der Waals surface area contributed by atoms with E-state index in [-0.39, 0.29) is 18.8 Å². The van der Waals surface area contributed by atoms with Gasteiger partial charge in [0.1, 0.15) is 5.60 Å². The minimum Gasteiger partial charge on any atom is -0.450 e. The maximum absolute atomic E-state index is 13.5. The Balaban J connectivity index is 2.05. The molecule has 1 aromatic carbocycles. The molecule has 2 heterocycles. The third kappa shape index (κ3) is 2.46. The van der Waals surface area contributed by atoms with Crippen molar-refractivity contribution in [2.24, 2.45) is 0 Å².